The summed E-state index contributed by atoms with van der Waals surface area (Å²) in [5, 5.41) is 12.1. The van der Waals surface area contributed by atoms with Crippen molar-refractivity contribution in [3.63, 3.8) is 0 Å². The Morgan fingerprint density at radius 3 is 2.63 bits per heavy atom. The summed E-state index contributed by atoms with van der Waals surface area (Å²) in [6, 6.07) is -0.479. The van der Waals surface area contributed by atoms with Gasteiger partial charge in [0.15, 0.2) is 6.29 Å². The molecule has 1 aliphatic rings. The number of nitrogens with one attached hydrogen (secondary N) is 1. The summed E-state index contributed by atoms with van der Waals surface area (Å²) in [6.07, 6.45) is 3.08. The molecule has 1 atom stereocenters. The highest BCUT2D eigenvalue weighted by Gasteiger charge is 2.28. The van der Waals surface area contributed by atoms with Gasteiger partial charge < -0.3 is 19.9 Å². The van der Waals surface area contributed by atoms with Gasteiger partial charge in [0.05, 0.1) is 13.2 Å². The Morgan fingerprint density at radius 1 is 1.47 bits per heavy atom. The van der Waals surface area contributed by atoms with Crippen LogP contribution in [0.2, 0.25) is 0 Å². The SMILES string of the molecule is CSCC[C@H](NCCC1OCC(C)(C)CO1)C(=O)O. The van der Waals surface area contributed by atoms with Crippen molar-refractivity contribution in [1.82, 2.24) is 5.32 Å². The second kappa shape index (κ2) is 8.09. The van der Waals surface area contributed by atoms with E-state index in [9.17, 15) is 4.79 Å². The molecule has 0 amide bonds. The van der Waals surface area contributed by atoms with E-state index in [0.29, 0.717) is 32.6 Å². The van der Waals surface area contributed by atoms with Gasteiger partial charge in [-0.05, 0) is 18.4 Å². The van der Waals surface area contributed by atoms with E-state index >= 15 is 0 Å². The van der Waals surface area contributed by atoms with Crippen LogP contribution in [0.3, 0.4) is 0 Å². The summed E-state index contributed by atoms with van der Waals surface area (Å²) >= 11 is 1.66. The molecule has 112 valence electrons. The van der Waals surface area contributed by atoms with Crippen LogP contribution in [0.4, 0.5) is 0 Å². The van der Waals surface area contributed by atoms with Gasteiger partial charge in [0, 0.05) is 18.4 Å². The summed E-state index contributed by atoms with van der Waals surface area (Å²) in [5.74, 6) is 0.0508. The fourth-order valence-electron chi connectivity index (χ4n) is 1.82. The number of aliphatic carboxylic acids is 1. The van der Waals surface area contributed by atoms with Crippen molar-refractivity contribution in [2.75, 3.05) is 31.8 Å². The first kappa shape index (κ1) is 16.8. The Balaban J connectivity index is 2.19. The molecule has 19 heavy (non-hydrogen) atoms. The van der Waals surface area contributed by atoms with Gasteiger partial charge in [-0.1, -0.05) is 13.8 Å². The van der Waals surface area contributed by atoms with E-state index in [-0.39, 0.29) is 11.7 Å². The molecule has 0 aromatic carbocycles. The van der Waals surface area contributed by atoms with E-state index in [1.54, 1.807) is 11.8 Å². The van der Waals surface area contributed by atoms with Gasteiger partial charge in [-0.2, -0.15) is 11.8 Å². The second-order valence-electron chi connectivity index (χ2n) is 5.63. The molecule has 0 aromatic rings. The summed E-state index contributed by atoms with van der Waals surface area (Å²) in [4.78, 5) is 11.0. The van der Waals surface area contributed by atoms with Gasteiger partial charge in [-0.3, -0.25) is 4.79 Å². The van der Waals surface area contributed by atoms with Crippen molar-refractivity contribution >= 4 is 17.7 Å². The minimum atomic E-state index is -0.791. The highest BCUT2D eigenvalue weighted by atomic mass is 32.2. The third-order valence-electron chi connectivity index (χ3n) is 3.00. The first-order valence-corrected chi connectivity index (χ1v) is 8.02. The molecule has 1 saturated heterocycles. The normalized spacial score (nSPS) is 21.2. The molecule has 1 aliphatic heterocycles. The standard InChI is InChI=1S/C13H25NO4S/c1-13(2)8-17-11(18-9-13)4-6-14-10(12(15)16)5-7-19-3/h10-11,14H,4-9H2,1-3H3,(H,15,16)/t10-/m0/s1. The average Bonchev–Trinajstić information content (AvgIpc) is 2.35. The number of carbonyl (C=O) groups is 1. The fourth-order valence-corrected chi connectivity index (χ4v) is 2.29. The molecule has 1 fully saturated rings. The first-order valence-electron chi connectivity index (χ1n) is 6.63. The van der Waals surface area contributed by atoms with Crippen LogP contribution in [0, 0.1) is 5.41 Å². The number of hydrogen-bond acceptors (Lipinski definition) is 5. The Bertz CT molecular complexity index is 276. The lowest BCUT2D eigenvalue weighted by Gasteiger charge is -2.34. The van der Waals surface area contributed by atoms with Crippen LogP contribution >= 0.6 is 11.8 Å². The van der Waals surface area contributed by atoms with Crippen molar-refractivity contribution in [2.24, 2.45) is 5.41 Å². The molecule has 6 heteroatoms. The largest absolute Gasteiger partial charge is 0.480 e. The highest BCUT2D eigenvalue weighted by molar-refractivity contribution is 7.98. The topological polar surface area (TPSA) is 67.8 Å². The van der Waals surface area contributed by atoms with Crippen LogP contribution in [0.15, 0.2) is 0 Å². The Labute approximate surface area is 119 Å². The lowest BCUT2D eigenvalue weighted by Crippen LogP contribution is -2.42. The molecule has 0 saturated carbocycles. The fraction of sp³-hybridized carbons (Fsp3) is 0.923. The molecule has 0 spiro atoms. The monoisotopic (exact) mass is 291 g/mol. The maximum absolute atomic E-state index is 11.0. The summed E-state index contributed by atoms with van der Waals surface area (Å²) in [5.41, 5.74) is 0.0753. The molecular formula is C13H25NO4S. The summed E-state index contributed by atoms with van der Waals surface area (Å²) in [6.45, 7) is 6.17. The zero-order valence-corrected chi connectivity index (χ0v) is 12.8. The Kier molecular flexibility index (Phi) is 7.13. The molecular weight excluding hydrogens is 266 g/mol. The zero-order valence-electron chi connectivity index (χ0n) is 12.0. The number of hydrogen-bond donors (Lipinski definition) is 2. The van der Waals surface area contributed by atoms with Gasteiger partial charge in [0.25, 0.3) is 0 Å². The van der Waals surface area contributed by atoms with Gasteiger partial charge >= 0.3 is 5.97 Å². The summed E-state index contributed by atoms with van der Waals surface area (Å²) < 4.78 is 11.2. The number of rotatable bonds is 8. The van der Waals surface area contributed by atoms with Crippen molar-refractivity contribution in [3.05, 3.63) is 0 Å². The van der Waals surface area contributed by atoms with Gasteiger partial charge in [-0.15, -0.1) is 0 Å². The van der Waals surface area contributed by atoms with Gasteiger partial charge in [0.1, 0.15) is 6.04 Å². The average molecular weight is 291 g/mol. The van der Waals surface area contributed by atoms with Crippen molar-refractivity contribution in [2.45, 2.75) is 39.0 Å². The molecule has 0 aliphatic carbocycles. The Hall–Kier alpha value is -0.300. The second-order valence-corrected chi connectivity index (χ2v) is 6.62. The maximum atomic E-state index is 11.0. The van der Waals surface area contributed by atoms with Crippen LogP contribution in [-0.2, 0) is 14.3 Å². The number of carboxylic acid groups (broad SMARTS) is 1. The van der Waals surface area contributed by atoms with Crippen LogP contribution in [0.5, 0.6) is 0 Å². The maximum Gasteiger partial charge on any atom is 0.320 e. The quantitative estimate of drug-likeness (QED) is 0.707. The molecule has 0 radical (unpaired) electrons. The molecule has 1 heterocycles. The third kappa shape index (κ3) is 6.61. The Morgan fingerprint density at radius 2 is 2.11 bits per heavy atom. The van der Waals surface area contributed by atoms with Crippen molar-refractivity contribution in [1.29, 1.82) is 0 Å². The van der Waals surface area contributed by atoms with Gasteiger partial charge in [0.2, 0.25) is 0 Å². The first-order chi connectivity index (χ1) is 8.94. The minimum absolute atomic E-state index is 0.0753. The van der Waals surface area contributed by atoms with E-state index in [1.807, 2.05) is 6.26 Å². The molecule has 0 bridgehead atoms. The van der Waals surface area contributed by atoms with Crippen LogP contribution < -0.4 is 5.32 Å². The molecule has 5 nitrogen and oxygen atoms in total. The smallest absolute Gasteiger partial charge is 0.320 e. The lowest BCUT2D eigenvalue weighted by molar-refractivity contribution is -0.223. The number of carboxylic acids is 1. The number of thioether (sulfide) groups is 1. The zero-order chi connectivity index (χ0) is 14.3. The van der Waals surface area contributed by atoms with E-state index < -0.39 is 12.0 Å². The van der Waals surface area contributed by atoms with E-state index in [1.165, 1.54) is 0 Å². The highest BCUT2D eigenvalue weighted by Crippen LogP contribution is 2.23. The molecule has 0 unspecified atom stereocenters. The lowest BCUT2D eigenvalue weighted by atomic mass is 9.95. The predicted octanol–water partition coefficient (Wildman–Crippen LogP) is 1.57. The van der Waals surface area contributed by atoms with E-state index in [4.69, 9.17) is 14.6 Å². The van der Waals surface area contributed by atoms with E-state index in [2.05, 4.69) is 19.2 Å². The third-order valence-corrected chi connectivity index (χ3v) is 3.64. The number of ether oxygens (including phenoxy) is 2. The van der Waals surface area contributed by atoms with Gasteiger partial charge in [-0.25, -0.2) is 0 Å². The van der Waals surface area contributed by atoms with Crippen LogP contribution in [0.1, 0.15) is 26.7 Å². The van der Waals surface area contributed by atoms with Crippen LogP contribution in [0.25, 0.3) is 0 Å². The minimum Gasteiger partial charge on any atom is -0.480 e. The van der Waals surface area contributed by atoms with Crippen molar-refractivity contribution in [3.8, 4) is 0 Å². The molecule has 0 aromatic heterocycles. The molecule has 1 rings (SSSR count). The van der Waals surface area contributed by atoms with Crippen molar-refractivity contribution < 1.29 is 19.4 Å². The van der Waals surface area contributed by atoms with E-state index in [0.717, 1.165) is 5.75 Å². The molecule has 2 N–H and O–H groups in total. The summed E-state index contributed by atoms with van der Waals surface area (Å²) in [7, 11) is 0. The van der Waals surface area contributed by atoms with Crippen LogP contribution in [-0.4, -0.2) is 55.2 Å². The predicted molar refractivity (Wildman–Crippen MR) is 76.5 cm³/mol.